The van der Waals surface area contributed by atoms with Gasteiger partial charge in [-0.1, -0.05) is 39.4 Å². The summed E-state index contributed by atoms with van der Waals surface area (Å²) in [6, 6.07) is 5.35. The van der Waals surface area contributed by atoms with Gasteiger partial charge in [-0.25, -0.2) is 0 Å². The summed E-state index contributed by atoms with van der Waals surface area (Å²) in [5.74, 6) is 4.97. The van der Waals surface area contributed by atoms with E-state index in [1.54, 1.807) is 12.1 Å². The molecule has 0 aliphatic rings. The normalized spacial score (nSPS) is 9.00. The lowest BCUT2D eigenvalue weighted by Gasteiger charge is -1.95. The van der Waals surface area contributed by atoms with Crippen molar-refractivity contribution in [3.8, 4) is 11.8 Å². The maximum absolute atomic E-state index is 10.4. The fraction of sp³-hybridized carbons (Fsp3) is 0.100. The van der Waals surface area contributed by atoms with E-state index < -0.39 is 5.91 Å². The average molecular weight is 273 g/mol. The van der Waals surface area contributed by atoms with Crippen molar-refractivity contribution < 1.29 is 4.79 Å². The molecule has 2 N–H and O–H groups in total. The molecule has 4 heteroatoms. The predicted octanol–water partition coefficient (Wildman–Crippen LogP) is 2.33. The van der Waals surface area contributed by atoms with Crippen LogP contribution in [-0.4, -0.2) is 5.91 Å². The van der Waals surface area contributed by atoms with Gasteiger partial charge in [0.2, 0.25) is 5.91 Å². The molecule has 0 aliphatic carbocycles. The Labute approximate surface area is 95.6 Å². The molecule has 0 unspecified atom stereocenters. The molecule has 0 aliphatic heterocycles. The van der Waals surface area contributed by atoms with E-state index >= 15 is 0 Å². The lowest BCUT2D eigenvalue weighted by Crippen LogP contribution is -2.08. The van der Waals surface area contributed by atoms with Crippen LogP contribution in [0.1, 0.15) is 12.0 Å². The van der Waals surface area contributed by atoms with E-state index in [1.807, 2.05) is 6.07 Å². The summed E-state index contributed by atoms with van der Waals surface area (Å²) in [7, 11) is 0. The first-order valence-electron chi connectivity index (χ1n) is 3.82. The number of carbonyl (C=O) groups is 1. The van der Waals surface area contributed by atoms with Crippen LogP contribution in [0.3, 0.4) is 0 Å². The van der Waals surface area contributed by atoms with Crippen LogP contribution in [0.5, 0.6) is 0 Å². The van der Waals surface area contributed by atoms with Crippen molar-refractivity contribution in [1.29, 1.82) is 0 Å². The molecule has 0 atom stereocenters. The molecule has 0 spiro atoms. The van der Waals surface area contributed by atoms with Crippen LogP contribution < -0.4 is 5.73 Å². The van der Waals surface area contributed by atoms with Crippen LogP contribution in [0.15, 0.2) is 22.7 Å². The lowest BCUT2D eigenvalue weighted by molar-refractivity contribution is -0.117. The number of hydrogen-bond acceptors (Lipinski definition) is 1. The molecule has 1 aromatic rings. The van der Waals surface area contributed by atoms with Crippen LogP contribution >= 0.6 is 27.5 Å². The first kappa shape index (κ1) is 11.1. The average Bonchev–Trinajstić information content (AvgIpc) is 2.10. The minimum Gasteiger partial charge on any atom is -0.369 e. The van der Waals surface area contributed by atoms with Crippen LogP contribution in [0, 0.1) is 11.8 Å². The molecular weight excluding hydrogens is 265 g/mol. The second-order valence-corrected chi connectivity index (χ2v) is 3.89. The molecule has 1 aromatic carbocycles. The smallest absolute Gasteiger partial charge is 0.229 e. The fourth-order valence-corrected chi connectivity index (χ4v) is 1.35. The minimum absolute atomic E-state index is 0.0445. The third-order valence-corrected chi connectivity index (χ3v) is 2.24. The SMILES string of the molecule is NC(=O)CC#Cc1cc(Br)ccc1Cl. The van der Waals surface area contributed by atoms with Crippen molar-refractivity contribution >= 4 is 33.4 Å². The molecule has 0 radical (unpaired) electrons. The Morgan fingerprint density at radius 1 is 1.57 bits per heavy atom. The molecule has 1 rings (SSSR count). The van der Waals surface area contributed by atoms with Crippen molar-refractivity contribution in [2.24, 2.45) is 5.73 Å². The molecule has 2 nitrogen and oxygen atoms in total. The molecular formula is C10H7BrClNO. The maximum atomic E-state index is 10.4. The summed E-state index contributed by atoms with van der Waals surface area (Å²) in [5.41, 5.74) is 5.62. The maximum Gasteiger partial charge on any atom is 0.229 e. The van der Waals surface area contributed by atoms with Crippen molar-refractivity contribution in [1.82, 2.24) is 0 Å². The van der Waals surface area contributed by atoms with E-state index in [4.69, 9.17) is 17.3 Å². The number of hydrogen-bond donors (Lipinski definition) is 1. The van der Waals surface area contributed by atoms with Gasteiger partial charge in [0.05, 0.1) is 11.4 Å². The number of primary amides is 1. The van der Waals surface area contributed by atoms with Crippen molar-refractivity contribution in [2.75, 3.05) is 0 Å². The molecule has 1 amide bonds. The molecule has 0 heterocycles. The largest absolute Gasteiger partial charge is 0.369 e. The van der Waals surface area contributed by atoms with Gasteiger partial charge in [-0.15, -0.1) is 0 Å². The zero-order valence-corrected chi connectivity index (χ0v) is 9.52. The van der Waals surface area contributed by atoms with E-state index in [-0.39, 0.29) is 6.42 Å². The molecule has 0 bridgehead atoms. The number of nitrogens with two attached hydrogens (primary N) is 1. The van der Waals surface area contributed by atoms with Gasteiger partial charge in [-0.3, -0.25) is 4.79 Å². The Bertz CT molecular complexity index is 420. The summed E-state index contributed by atoms with van der Waals surface area (Å²) in [6.45, 7) is 0. The molecule has 72 valence electrons. The van der Waals surface area contributed by atoms with E-state index in [0.29, 0.717) is 10.6 Å². The number of amides is 1. The zero-order chi connectivity index (χ0) is 10.6. The minimum atomic E-state index is -0.441. The van der Waals surface area contributed by atoms with Gasteiger partial charge in [-0.05, 0) is 18.2 Å². The van der Waals surface area contributed by atoms with Gasteiger partial charge in [0, 0.05) is 10.0 Å². The summed E-state index contributed by atoms with van der Waals surface area (Å²) in [4.78, 5) is 10.4. The summed E-state index contributed by atoms with van der Waals surface area (Å²) < 4.78 is 0.894. The van der Waals surface area contributed by atoms with Crippen molar-refractivity contribution in [2.45, 2.75) is 6.42 Å². The third-order valence-electron chi connectivity index (χ3n) is 1.41. The molecule has 0 saturated heterocycles. The van der Waals surface area contributed by atoms with Gasteiger partial charge >= 0.3 is 0 Å². The highest BCUT2D eigenvalue weighted by atomic mass is 79.9. The van der Waals surface area contributed by atoms with E-state index in [2.05, 4.69) is 27.8 Å². The quantitative estimate of drug-likeness (QED) is 0.784. The van der Waals surface area contributed by atoms with E-state index in [0.717, 1.165) is 4.47 Å². The number of carbonyl (C=O) groups excluding carboxylic acids is 1. The monoisotopic (exact) mass is 271 g/mol. The summed E-state index contributed by atoms with van der Waals surface area (Å²) in [5, 5.41) is 0.560. The second kappa shape index (κ2) is 5.04. The Morgan fingerprint density at radius 2 is 2.29 bits per heavy atom. The number of benzene rings is 1. The van der Waals surface area contributed by atoms with Gasteiger partial charge in [0.1, 0.15) is 0 Å². The molecule has 0 saturated carbocycles. The van der Waals surface area contributed by atoms with Crippen molar-refractivity contribution in [3.05, 3.63) is 33.3 Å². The Morgan fingerprint density at radius 3 is 2.93 bits per heavy atom. The van der Waals surface area contributed by atoms with Gasteiger partial charge < -0.3 is 5.73 Å². The first-order valence-corrected chi connectivity index (χ1v) is 4.99. The fourth-order valence-electron chi connectivity index (χ4n) is 0.820. The standard InChI is InChI=1S/C10H7BrClNO/c11-8-4-5-9(12)7(6-8)2-1-3-10(13)14/h4-6H,3H2,(H2,13,14). The summed E-state index contributed by atoms with van der Waals surface area (Å²) >= 11 is 9.17. The van der Waals surface area contributed by atoms with Gasteiger partial charge in [-0.2, -0.15) is 0 Å². The Balaban J connectivity index is 2.88. The van der Waals surface area contributed by atoms with Crippen LogP contribution in [0.25, 0.3) is 0 Å². The summed E-state index contributed by atoms with van der Waals surface area (Å²) in [6.07, 6.45) is 0.0445. The van der Waals surface area contributed by atoms with Gasteiger partial charge in [0.25, 0.3) is 0 Å². The molecule has 0 fully saturated rings. The highest BCUT2D eigenvalue weighted by Gasteiger charge is 1.96. The lowest BCUT2D eigenvalue weighted by atomic mass is 10.2. The van der Waals surface area contributed by atoms with Gasteiger partial charge in [0.15, 0.2) is 0 Å². The molecule has 14 heavy (non-hydrogen) atoms. The highest BCUT2D eigenvalue weighted by Crippen LogP contribution is 2.19. The number of halogens is 2. The Hall–Kier alpha value is -0.980. The Kier molecular flexibility index (Phi) is 3.99. The van der Waals surface area contributed by atoms with Crippen LogP contribution in [0.4, 0.5) is 0 Å². The topological polar surface area (TPSA) is 43.1 Å². The van der Waals surface area contributed by atoms with Crippen LogP contribution in [-0.2, 0) is 4.79 Å². The molecule has 0 aromatic heterocycles. The first-order chi connectivity index (χ1) is 6.59. The number of rotatable bonds is 1. The third kappa shape index (κ3) is 3.41. The van der Waals surface area contributed by atoms with Crippen LogP contribution in [0.2, 0.25) is 5.02 Å². The van der Waals surface area contributed by atoms with E-state index in [1.165, 1.54) is 0 Å². The highest BCUT2D eigenvalue weighted by molar-refractivity contribution is 9.10. The second-order valence-electron chi connectivity index (χ2n) is 2.57. The predicted molar refractivity (Wildman–Crippen MR) is 59.8 cm³/mol. The zero-order valence-electron chi connectivity index (χ0n) is 7.18. The van der Waals surface area contributed by atoms with E-state index in [9.17, 15) is 4.79 Å². The van der Waals surface area contributed by atoms with Crippen molar-refractivity contribution in [3.63, 3.8) is 0 Å².